The average Bonchev–Trinajstić information content (AvgIpc) is 2.83. The highest BCUT2D eigenvalue weighted by molar-refractivity contribution is 6.30. The smallest absolute Gasteiger partial charge is 0.304 e. The third-order valence-electron chi connectivity index (χ3n) is 3.18. The molecule has 2 heterocycles. The van der Waals surface area contributed by atoms with Gasteiger partial charge in [0.25, 0.3) is 0 Å². The first-order chi connectivity index (χ1) is 9.47. The van der Waals surface area contributed by atoms with Gasteiger partial charge in [0, 0.05) is 18.1 Å². The van der Waals surface area contributed by atoms with Crippen molar-refractivity contribution in [1.29, 1.82) is 0 Å². The quantitative estimate of drug-likeness (QED) is 0.880. The van der Waals surface area contributed by atoms with Gasteiger partial charge < -0.3 is 9.88 Å². The van der Waals surface area contributed by atoms with Crippen molar-refractivity contribution in [3.05, 3.63) is 46.5 Å². The molecule has 0 bridgehead atoms. The largest absolute Gasteiger partial charge is 0.451 e. The van der Waals surface area contributed by atoms with Crippen LogP contribution in [0.3, 0.4) is 0 Å². The molecule has 0 fully saturated rings. The van der Waals surface area contributed by atoms with Gasteiger partial charge in [0.1, 0.15) is 0 Å². The van der Waals surface area contributed by atoms with Crippen LogP contribution in [-0.4, -0.2) is 21.3 Å². The lowest BCUT2D eigenvalue weighted by molar-refractivity contribution is -0.147. The third kappa shape index (κ3) is 2.27. The number of halogens is 4. The van der Waals surface area contributed by atoms with Gasteiger partial charge >= 0.3 is 6.18 Å². The van der Waals surface area contributed by atoms with Crippen LogP contribution in [0.1, 0.15) is 23.3 Å². The molecule has 0 radical (unpaired) electrons. The van der Waals surface area contributed by atoms with E-state index in [4.69, 9.17) is 11.6 Å². The lowest BCUT2D eigenvalue weighted by atomic mass is 10.0. The molecule has 1 aromatic carbocycles. The standard InChI is InChI=1S/C12H10ClF3N4/c13-8-3-1-7(2-4-8)9-10-18-19-11(12(14,15)16)20(10)6-5-17-9/h1-4,9,17H,5-6H2. The monoisotopic (exact) mass is 302 g/mol. The minimum atomic E-state index is -4.49. The summed E-state index contributed by atoms with van der Waals surface area (Å²) >= 11 is 5.81. The van der Waals surface area contributed by atoms with Gasteiger partial charge in [-0.3, -0.25) is 0 Å². The number of nitrogens with one attached hydrogen (secondary N) is 1. The maximum absolute atomic E-state index is 12.8. The molecular weight excluding hydrogens is 293 g/mol. The van der Waals surface area contributed by atoms with Crippen molar-refractivity contribution < 1.29 is 13.2 Å². The molecule has 0 spiro atoms. The Balaban J connectivity index is 2.03. The predicted octanol–water partition coefficient (Wildman–Crippen LogP) is 2.64. The van der Waals surface area contributed by atoms with E-state index in [1.54, 1.807) is 24.3 Å². The summed E-state index contributed by atoms with van der Waals surface area (Å²) in [6, 6.07) is 6.50. The average molecular weight is 303 g/mol. The Bertz CT molecular complexity index is 621. The second-order valence-corrected chi connectivity index (χ2v) is 4.91. The molecule has 1 aliphatic heterocycles. The first-order valence-electron chi connectivity index (χ1n) is 5.96. The first kappa shape index (κ1) is 13.4. The SMILES string of the molecule is FC(F)(F)c1nnc2n1CCNC2c1ccc(Cl)cc1. The van der Waals surface area contributed by atoms with E-state index in [2.05, 4.69) is 15.5 Å². The van der Waals surface area contributed by atoms with Crippen molar-refractivity contribution in [3.8, 4) is 0 Å². The van der Waals surface area contributed by atoms with Crippen LogP contribution in [0.15, 0.2) is 24.3 Å². The Kier molecular flexibility index (Phi) is 3.18. The molecule has 0 saturated heterocycles. The predicted molar refractivity (Wildman–Crippen MR) is 66.3 cm³/mol. The Labute approximate surface area is 117 Å². The Morgan fingerprint density at radius 1 is 1.20 bits per heavy atom. The summed E-state index contributed by atoms with van der Waals surface area (Å²) in [5.74, 6) is -0.682. The van der Waals surface area contributed by atoms with E-state index >= 15 is 0 Å². The van der Waals surface area contributed by atoms with E-state index in [0.29, 0.717) is 11.6 Å². The van der Waals surface area contributed by atoms with Gasteiger partial charge in [0.15, 0.2) is 5.82 Å². The highest BCUT2D eigenvalue weighted by atomic mass is 35.5. The van der Waals surface area contributed by atoms with Crippen LogP contribution in [0.5, 0.6) is 0 Å². The van der Waals surface area contributed by atoms with E-state index in [9.17, 15) is 13.2 Å². The van der Waals surface area contributed by atoms with E-state index < -0.39 is 18.0 Å². The molecule has 1 unspecified atom stereocenters. The number of nitrogens with zero attached hydrogens (tertiary/aromatic N) is 3. The van der Waals surface area contributed by atoms with Crippen molar-refractivity contribution in [2.24, 2.45) is 0 Å². The lowest BCUT2D eigenvalue weighted by Gasteiger charge is -2.25. The molecule has 3 rings (SSSR count). The Morgan fingerprint density at radius 2 is 1.90 bits per heavy atom. The number of hydrogen-bond donors (Lipinski definition) is 1. The van der Waals surface area contributed by atoms with Gasteiger partial charge in [-0.25, -0.2) is 0 Å². The second kappa shape index (κ2) is 4.75. The summed E-state index contributed by atoms with van der Waals surface area (Å²) in [7, 11) is 0. The second-order valence-electron chi connectivity index (χ2n) is 4.47. The zero-order valence-corrected chi connectivity index (χ0v) is 10.9. The molecule has 1 atom stereocenters. The topological polar surface area (TPSA) is 42.7 Å². The van der Waals surface area contributed by atoms with Gasteiger partial charge in [0.2, 0.25) is 5.82 Å². The summed E-state index contributed by atoms with van der Waals surface area (Å²) in [6.45, 7) is 0.614. The summed E-state index contributed by atoms with van der Waals surface area (Å²) < 4.78 is 39.6. The van der Waals surface area contributed by atoms with Gasteiger partial charge in [-0.1, -0.05) is 23.7 Å². The van der Waals surface area contributed by atoms with Crippen LogP contribution in [0.25, 0.3) is 0 Å². The van der Waals surface area contributed by atoms with Crippen molar-refractivity contribution in [2.45, 2.75) is 18.8 Å². The van der Waals surface area contributed by atoms with Crippen LogP contribution < -0.4 is 5.32 Å². The van der Waals surface area contributed by atoms with Gasteiger partial charge in [-0.05, 0) is 17.7 Å². The van der Waals surface area contributed by atoms with Crippen molar-refractivity contribution in [2.75, 3.05) is 6.54 Å². The molecule has 0 saturated carbocycles. The van der Waals surface area contributed by atoms with Crippen LogP contribution in [0.2, 0.25) is 5.02 Å². The molecular formula is C12H10ClF3N4. The number of rotatable bonds is 1. The third-order valence-corrected chi connectivity index (χ3v) is 3.43. The van der Waals surface area contributed by atoms with Gasteiger partial charge in [-0.15, -0.1) is 10.2 Å². The fraction of sp³-hybridized carbons (Fsp3) is 0.333. The molecule has 20 heavy (non-hydrogen) atoms. The summed E-state index contributed by atoms with van der Waals surface area (Å²) in [5, 5.41) is 10.7. The molecule has 1 aliphatic rings. The fourth-order valence-corrected chi connectivity index (χ4v) is 2.42. The van der Waals surface area contributed by atoms with E-state index in [1.807, 2.05) is 0 Å². The van der Waals surface area contributed by atoms with Crippen molar-refractivity contribution in [3.63, 3.8) is 0 Å². The molecule has 1 aromatic heterocycles. The molecule has 2 aromatic rings. The molecule has 106 valence electrons. The highest BCUT2D eigenvalue weighted by Gasteiger charge is 2.40. The van der Waals surface area contributed by atoms with Crippen LogP contribution in [0, 0.1) is 0 Å². The van der Waals surface area contributed by atoms with E-state index in [1.165, 1.54) is 0 Å². The number of benzene rings is 1. The lowest BCUT2D eigenvalue weighted by Crippen LogP contribution is -2.35. The first-order valence-corrected chi connectivity index (χ1v) is 6.34. The van der Waals surface area contributed by atoms with E-state index in [0.717, 1.165) is 10.1 Å². The van der Waals surface area contributed by atoms with Crippen LogP contribution in [-0.2, 0) is 12.7 Å². The minimum absolute atomic E-state index is 0.196. The minimum Gasteiger partial charge on any atom is -0.304 e. The Morgan fingerprint density at radius 3 is 2.55 bits per heavy atom. The number of hydrogen-bond acceptors (Lipinski definition) is 3. The summed E-state index contributed by atoms with van der Waals surface area (Å²) in [4.78, 5) is 0. The molecule has 4 nitrogen and oxygen atoms in total. The fourth-order valence-electron chi connectivity index (χ4n) is 2.29. The van der Waals surface area contributed by atoms with Crippen LogP contribution >= 0.6 is 11.6 Å². The van der Waals surface area contributed by atoms with Crippen LogP contribution in [0.4, 0.5) is 13.2 Å². The summed E-state index contributed by atoms with van der Waals surface area (Å²) in [6.07, 6.45) is -4.49. The molecule has 1 N–H and O–H groups in total. The maximum Gasteiger partial charge on any atom is 0.451 e. The normalized spacial score (nSPS) is 18.9. The number of alkyl halides is 3. The van der Waals surface area contributed by atoms with Gasteiger partial charge in [-0.2, -0.15) is 13.2 Å². The number of fused-ring (bicyclic) bond motifs is 1. The van der Waals surface area contributed by atoms with Crippen molar-refractivity contribution >= 4 is 11.6 Å². The molecule has 0 amide bonds. The summed E-state index contributed by atoms with van der Waals surface area (Å²) in [5.41, 5.74) is 0.802. The zero-order valence-electron chi connectivity index (χ0n) is 10.2. The van der Waals surface area contributed by atoms with Gasteiger partial charge in [0.05, 0.1) is 6.04 Å². The number of aromatic nitrogens is 3. The molecule has 0 aliphatic carbocycles. The molecule has 8 heteroatoms. The Hall–Kier alpha value is -1.60. The maximum atomic E-state index is 12.8. The zero-order chi connectivity index (χ0) is 14.3. The van der Waals surface area contributed by atoms with Crippen molar-refractivity contribution in [1.82, 2.24) is 20.1 Å². The van der Waals surface area contributed by atoms with E-state index in [-0.39, 0.29) is 12.4 Å². The highest BCUT2D eigenvalue weighted by Crippen LogP contribution is 2.32.